The Labute approximate surface area is 372 Å². The van der Waals surface area contributed by atoms with E-state index >= 15 is 0 Å². The molecule has 0 aliphatic heterocycles. The van der Waals surface area contributed by atoms with Gasteiger partial charge >= 0.3 is 27.6 Å². The van der Waals surface area contributed by atoms with Crippen LogP contribution in [0.1, 0.15) is 194 Å². The molecule has 0 aliphatic rings. The molecule has 61 heavy (non-hydrogen) atoms. The van der Waals surface area contributed by atoms with E-state index in [1.54, 1.807) is 0 Å². The van der Waals surface area contributed by atoms with Gasteiger partial charge in [-0.05, 0) is 64.2 Å². The summed E-state index contributed by atoms with van der Waals surface area (Å²) in [4.78, 5) is 35.9. The number of nitrogens with zero attached hydrogens (tertiary/aromatic N) is 1. The molecule has 0 spiro atoms. The van der Waals surface area contributed by atoms with Gasteiger partial charge in [0, 0.05) is 19.4 Å². The number of esters is 2. The Morgan fingerprint density at radius 1 is 0.574 bits per heavy atom. The number of carbonyl (C=O) groups excluding carboxylic acids is 2. The predicted octanol–water partition coefficient (Wildman–Crippen LogP) is 12.5. The maximum Gasteiger partial charge on any atom is 0.483 e. The number of rotatable bonds is 45. The summed E-state index contributed by atoms with van der Waals surface area (Å²) in [5.74, 6) is -0.991. The second-order valence-corrected chi connectivity index (χ2v) is 20.5. The molecule has 0 rings (SSSR count). The number of ether oxygens (including phenoxy) is 2. The molecular formula is C46H91N2O11P2+. The molecule has 0 bridgehead atoms. The van der Waals surface area contributed by atoms with Crippen LogP contribution in [0, 0.1) is 0 Å². The first-order valence-electron chi connectivity index (χ1n) is 24.0. The van der Waals surface area contributed by atoms with Crippen molar-refractivity contribution in [1.82, 2.24) is 0 Å². The van der Waals surface area contributed by atoms with Gasteiger partial charge in [0.1, 0.15) is 19.8 Å². The summed E-state index contributed by atoms with van der Waals surface area (Å²) in [6.45, 7) is 3.30. The predicted molar refractivity (Wildman–Crippen MR) is 248 cm³/mol. The molecule has 0 aromatic heterocycles. The van der Waals surface area contributed by atoms with Crippen LogP contribution in [0.3, 0.4) is 0 Å². The summed E-state index contributed by atoms with van der Waals surface area (Å²) in [5, 5.41) is 0. The lowest BCUT2D eigenvalue weighted by Crippen LogP contribution is -2.37. The quantitative estimate of drug-likeness (QED) is 0.0195. The number of unbranched alkanes of at least 4 members (excludes halogenated alkanes) is 22. The largest absolute Gasteiger partial charge is 0.483 e. The summed E-state index contributed by atoms with van der Waals surface area (Å²) in [6, 6.07) is 0. The number of quaternary nitrogens is 1. The molecule has 0 aliphatic carbocycles. The number of carbonyl (C=O) groups is 2. The lowest BCUT2D eigenvalue weighted by atomic mass is 10.1. The van der Waals surface area contributed by atoms with Crippen molar-refractivity contribution >= 4 is 27.6 Å². The molecule has 0 heterocycles. The Hall–Kier alpha value is -1.40. The van der Waals surface area contributed by atoms with Crippen molar-refractivity contribution in [2.45, 2.75) is 200 Å². The van der Waals surface area contributed by atoms with Gasteiger partial charge < -0.3 is 24.6 Å². The van der Waals surface area contributed by atoms with E-state index in [4.69, 9.17) is 33.1 Å². The zero-order valence-corrected chi connectivity index (χ0v) is 41.2. The van der Waals surface area contributed by atoms with Crippen LogP contribution in [0.2, 0.25) is 0 Å². The van der Waals surface area contributed by atoms with Crippen LogP contribution >= 0.6 is 15.6 Å². The SMILES string of the molecule is CCCCCCCCC=CCCCCCCCC(=O)OC[C@H](COP(=O)(OCCN)OP(=O)(O)OCC[N+](C)(C)C)OC(=O)CCCCCCCC=CCCCCCCCC. The molecule has 0 aromatic carbocycles. The minimum Gasteiger partial charge on any atom is -0.462 e. The average molecular weight is 910 g/mol. The van der Waals surface area contributed by atoms with Gasteiger partial charge in [-0.1, -0.05) is 141 Å². The van der Waals surface area contributed by atoms with Crippen LogP contribution < -0.4 is 5.73 Å². The highest BCUT2D eigenvalue weighted by atomic mass is 31.3. The molecule has 2 unspecified atom stereocenters. The van der Waals surface area contributed by atoms with Gasteiger partial charge in [-0.3, -0.25) is 23.2 Å². The molecule has 15 heteroatoms. The van der Waals surface area contributed by atoms with Gasteiger partial charge in [-0.2, -0.15) is 4.31 Å². The fourth-order valence-corrected chi connectivity index (χ4v) is 8.94. The van der Waals surface area contributed by atoms with E-state index in [1.165, 1.54) is 77.0 Å². The number of phosphoric acid groups is 2. The van der Waals surface area contributed by atoms with Crippen LogP contribution in [-0.2, 0) is 46.1 Å². The number of likely N-dealkylation sites (N-methyl/N-ethyl adjacent to an activating group) is 1. The van der Waals surface area contributed by atoms with Gasteiger partial charge in [0.2, 0.25) is 0 Å². The van der Waals surface area contributed by atoms with E-state index in [1.807, 2.05) is 21.1 Å². The monoisotopic (exact) mass is 910 g/mol. The van der Waals surface area contributed by atoms with Gasteiger partial charge in [0.05, 0.1) is 34.4 Å². The van der Waals surface area contributed by atoms with E-state index in [2.05, 4.69) is 38.2 Å². The molecule has 3 atom stereocenters. The maximum absolute atomic E-state index is 13.5. The van der Waals surface area contributed by atoms with E-state index < -0.39 is 40.3 Å². The van der Waals surface area contributed by atoms with Crippen molar-refractivity contribution < 1.29 is 55.5 Å². The van der Waals surface area contributed by atoms with Crippen molar-refractivity contribution in [3.8, 4) is 0 Å². The Morgan fingerprint density at radius 3 is 1.44 bits per heavy atom. The highest BCUT2D eigenvalue weighted by Gasteiger charge is 2.39. The van der Waals surface area contributed by atoms with E-state index in [0.717, 1.165) is 77.0 Å². The number of hydrogen-bond acceptors (Lipinski definition) is 11. The van der Waals surface area contributed by atoms with Crippen LogP contribution in [0.5, 0.6) is 0 Å². The molecule has 0 fully saturated rings. The van der Waals surface area contributed by atoms with Crippen LogP contribution in [0.25, 0.3) is 0 Å². The van der Waals surface area contributed by atoms with Crippen LogP contribution in [0.15, 0.2) is 24.3 Å². The molecule has 0 saturated carbocycles. The number of nitrogens with two attached hydrogens (primary N) is 1. The molecule has 0 aromatic rings. The van der Waals surface area contributed by atoms with E-state index in [0.29, 0.717) is 23.9 Å². The number of phosphoric ester groups is 2. The number of allylic oxidation sites excluding steroid dienone is 4. The van der Waals surface area contributed by atoms with Crippen molar-refractivity contribution in [3.05, 3.63) is 24.3 Å². The normalized spacial score (nSPS) is 14.7. The highest BCUT2D eigenvalue weighted by Crippen LogP contribution is 2.63. The molecule has 3 N–H and O–H groups in total. The van der Waals surface area contributed by atoms with E-state index in [-0.39, 0.29) is 39.2 Å². The first-order chi connectivity index (χ1) is 29.3. The third-order valence-electron chi connectivity index (χ3n) is 10.0. The minimum absolute atomic E-state index is 0.0862. The zero-order valence-electron chi connectivity index (χ0n) is 39.4. The maximum atomic E-state index is 13.5. The van der Waals surface area contributed by atoms with Crippen LogP contribution in [0.4, 0.5) is 0 Å². The smallest absolute Gasteiger partial charge is 0.462 e. The van der Waals surface area contributed by atoms with Gasteiger partial charge in [0.25, 0.3) is 0 Å². The first-order valence-corrected chi connectivity index (χ1v) is 26.9. The van der Waals surface area contributed by atoms with Gasteiger partial charge in [-0.25, -0.2) is 9.13 Å². The van der Waals surface area contributed by atoms with Crippen LogP contribution in [-0.4, -0.2) is 88.1 Å². The zero-order chi connectivity index (χ0) is 45.3. The highest BCUT2D eigenvalue weighted by molar-refractivity contribution is 7.61. The summed E-state index contributed by atoms with van der Waals surface area (Å²) in [7, 11) is -4.03. The molecule has 0 saturated heterocycles. The summed E-state index contributed by atoms with van der Waals surface area (Å²) in [5.41, 5.74) is 5.52. The number of hydrogen-bond donors (Lipinski definition) is 2. The summed E-state index contributed by atoms with van der Waals surface area (Å²) < 4.78 is 58.1. The van der Waals surface area contributed by atoms with Crippen molar-refractivity contribution in [3.63, 3.8) is 0 Å². The first kappa shape index (κ1) is 59.6. The second-order valence-electron chi connectivity index (χ2n) is 17.2. The van der Waals surface area contributed by atoms with Gasteiger partial charge in [0.15, 0.2) is 6.10 Å². The van der Waals surface area contributed by atoms with Crippen molar-refractivity contribution in [1.29, 1.82) is 0 Å². The Kier molecular flexibility index (Phi) is 39.2. The summed E-state index contributed by atoms with van der Waals surface area (Å²) >= 11 is 0. The third-order valence-corrected chi connectivity index (χ3v) is 13.1. The topological polar surface area (TPSA) is 170 Å². The fraction of sp³-hybridized carbons (Fsp3) is 0.870. The van der Waals surface area contributed by atoms with Gasteiger partial charge in [-0.15, -0.1) is 0 Å². The Balaban J connectivity index is 4.91. The third kappa shape index (κ3) is 42.3. The Morgan fingerprint density at radius 2 is 1.00 bits per heavy atom. The Bertz CT molecular complexity index is 1210. The van der Waals surface area contributed by atoms with Crippen molar-refractivity contribution in [2.24, 2.45) is 5.73 Å². The van der Waals surface area contributed by atoms with E-state index in [9.17, 15) is 23.6 Å². The summed E-state index contributed by atoms with van der Waals surface area (Å²) in [6.07, 6.45) is 38.0. The molecule has 0 radical (unpaired) electrons. The fourth-order valence-electron chi connectivity index (χ4n) is 6.30. The minimum atomic E-state index is -4.90. The molecular weight excluding hydrogens is 818 g/mol. The average Bonchev–Trinajstić information content (AvgIpc) is 3.20. The molecule has 0 amide bonds. The standard InChI is InChI=1S/C46H90N2O11P2/c1-6-8-10-12-14-16-18-20-22-24-26-28-30-32-34-36-45(49)54-42-44(43-57-61(53,56-40-38-47)59-60(51,52)55-41-39-48(3,4)5)58-46(50)37-35-33-31-29-27-25-23-21-19-17-15-13-11-9-7-2/h20-23,44H,6-19,24-43,47H2,1-5H3/p+1/t44-,61?/m1/s1. The lowest BCUT2D eigenvalue weighted by molar-refractivity contribution is -0.870. The molecule has 13 nitrogen and oxygen atoms in total. The lowest BCUT2D eigenvalue weighted by Gasteiger charge is -2.25. The van der Waals surface area contributed by atoms with Crippen molar-refractivity contribution in [2.75, 3.05) is 60.7 Å². The molecule has 360 valence electrons. The second kappa shape index (κ2) is 40.1.